The monoisotopic (exact) mass is 324 g/mol. The van der Waals surface area contributed by atoms with Gasteiger partial charge in [0.25, 0.3) is 0 Å². The topological polar surface area (TPSA) is 0 Å². The quantitative estimate of drug-likeness (QED) is 0.397. The molecule has 0 aromatic carbocycles. The third-order valence-electron chi connectivity index (χ3n) is 0. The van der Waals surface area contributed by atoms with E-state index in [9.17, 15) is 0 Å². The second-order valence-corrected chi connectivity index (χ2v) is 12.1. The van der Waals surface area contributed by atoms with E-state index in [0.29, 0.717) is 23.8 Å². The number of hydrogen-bond acceptors (Lipinski definition) is 0. The third kappa shape index (κ3) is 2760. The zero-order valence-electron chi connectivity index (χ0n) is 10.3. The molecule has 0 aliphatic rings. The fraction of sp³-hybridized carbons (Fsp3) is 1.00. The van der Waals surface area contributed by atoms with Crippen molar-refractivity contribution in [1.29, 1.82) is 0 Å². The summed E-state index contributed by atoms with van der Waals surface area (Å²) < 4.78 is 0. The molecular weight excluding hydrogens is 273 g/mol. The van der Waals surface area contributed by atoms with Gasteiger partial charge in [0.1, 0.15) is 0 Å². The Balaban J connectivity index is -0.00000000827. The van der Waals surface area contributed by atoms with E-state index in [2.05, 4.69) is 60.0 Å². The standard InChI is InChI=1S/3C3H9P.6CH4/c3*1-4(2)3;;;;;;/h3*1-3H3;6*1H4. The maximum absolute atomic E-state index is 2.23. The second kappa shape index (κ2) is 51.6. The highest BCUT2D eigenvalue weighted by Crippen LogP contribution is 2.15. The van der Waals surface area contributed by atoms with Gasteiger partial charge in [-0.3, -0.25) is 0 Å². The summed E-state index contributed by atoms with van der Waals surface area (Å²) in [6.07, 6.45) is 0. The van der Waals surface area contributed by atoms with E-state index in [1.54, 1.807) is 0 Å². The molecule has 0 aliphatic heterocycles. The van der Waals surface area contributed by atoms with Crippen molar-refractivity contribution in [1.82, 2.24) is 0 Å². The molecule has 0 aromatic heterocycles. The lowest BCUT2D eigenvalue weighted by Crippen LogP contribution is -1.48. The van der Waals surface area contributed by atoms with Crippen LogP contribution in [0.3, 0.4) is 0 Å². The smallest absolute Gasteiger partial charge is 0.0449 e. The van der Waals surface area contributed by atoms with Crippen molar-refractivity contribution in [3.63, 3.8) is 0 Å². The Hall–Kier alpha value is 1.29. The van der Waals surface area contributed by atoms with E-state index >= 15 is 0 Å². The first-order chi connectivity index (χ1) is 5.20. The van der Waals surface area contributed by atoms with Crippen LogP contribution in [0.4, 0.5) is 0 Å². The molecule has 0 spiro atoms. The van der Waals surface area contributed by atoms with E-state index < -0.39 is 0 Å². The highest BCUT2D eigenvalue weighted by Gasteiger charge is 1.66. The average Bonchev–Trinajstić information content (AvgIpc) is 1.54. The van der Waals surface area contributed by atoms with Crippen molar-refractivity contribution in [3.8, 4) is 0 Å². The first-order valence-corrected chi connectivity index (χ1v) is 12.1. The van der Waals surface area contributed by atoms with Crippen molar-refractivity contribution in [2.45, 2.75) is 44.6 Å². The van der Waals surface area contributed by atoms with Gasteiger partial charge >= 0.3 is 0 Å². The van der Waals surface area contributed by atoms with E-state index in [-0.39, 0.29) is 44.6 Å². The van der Waals surface area contributed by atoms with Crippen LogP contribution in [0.15, 0.2) is 0 Å². The molecule has 0 nitrogen and oxygen atoms in total. The lowest BCUT2D eigenvalue weighted by Gasteiger charge is -1.81. The van der Waals surface area contributed by atoms with Gasteiger partial charge in [0.05, 0.1) is 0 Å². The Labute approximate surface area is 128 Å². The first-order valence-electron chi connectivity index (χ1n) is 4.02. The zero-order valence-corrected chi connectivity index (χ0v) is 13.0. The van der Waals surface area contributed by atoms with Crippen LogP contribution in [0.1, 0.15) is 44.6 Å². The van der Waals surface area contributed by atoms with E-state index in [1.165, 1.54) is 0 Å². The predicted molar refractivity (Wildman–Crippen MR) is 114 cm³/mol. The number of rotatable bonds is 0. The Morgan fingerprint density at radius 2 is 0.278 bits per heavy atom. The second-order valence-electron chi connectivity index (χ2n) is 4.02. The lowest BCUT2D eigenvalue weighted by atomic mass is 11.9. The van der Waals surface area contributed by atoms with Gasteiger partial charge < -0.3 is 0 Å². The highest BCUT2D eigenvalue weighted by atomic mass is 31.1. The molecule has 0 rings (SSSR count). The largest absolute Gasteiger partial charge is 0.116 e. The van der Waals surface area contributed by atoms with Gasteiger partial charge in [-0.1, -0.05) is 44.6 Å². The maximum atomic E-state index is 2.23. The van der Waals surface area contributed by atoms with Crippen molar-refractivity contribution in [3.05, 3.63) is 0 Å². The summed E-state index contributed by atoms with van der Waals surface area (Å²) >= 11 is 0. The Bertz CT molecular complexity index is 40.2. The minimum atomic E-state index is 0. The summed E-state index contributed by atoms with van der Waals surface area (Å²) in [5, 5.41) is 0. The van der Waals surface area contributed by atoms with E-state index in [4.69, 9.17) is 0 Å². The molecule has 0 saturated heterocycles. The highest BCUT2D eigenvalue weighted by molar-refractivity contribution is 7.55. The van der Waals surface area contributed by atoms with Crippen molar-refractivity contribution >= 4 is 23.8 Å². The van der Waals surface area contributed by atoms with Crippen LogP contribution in [0.5, 0.6) is 0 Å². The van der Waals surface area contributed by atoms with E-state index in [1.807, 2.05) is 0 Å². The maximum Gasteiger partial charge on any atom is -0.0449 e. The van der Waals surface area contributed by atoms with Gasteiger partial charge in [-0.15, -0.1) is 23.8 Å². The minimum absolute atomic E-state index is 0. The average molecular weight is 324 g/mol. The first kappa shape index (κ1) is 60.9. The van der Waals surface area contributed by atoms with Crippen LogP contribution < -0.4 is 0 Å². The molecule has 0 aromatic rings. The molecular formula is C15H51P3. The van der Waals surface area contributed by atoms with Gasteiger partial charge in [0.2, 0.25) is 0 Å². The normalized spacial score (nSPS) is 6.00. The van der Waals surface area contributed by atoms with Crippen LogP contribution in [0.2, 0.25) is 0 Å². The van der Waals surface area contributed by atoms with Crippen LogP contribution in [-0.2, 0) is 0 Å². The summed E-state index contributed by atoms with van der Waals surface area (Å²) in [6, 6.07) is 0. The van der Waals surface area contributed by atoms with E-state index in [0.717, 1.165) is 0 Å². The van der Waals surface area contributed by atoms with Crippen LogP contribution in [0, 0.1) is 0 Å². The Morgan fingerprint density at radius 3 is 0.278 bits per heavy atom. The summed E-state index contributed by atoms with van der Waals surface area (Å²) in [5.74, 6) is 0. The fourth-order valence-electron chi connectivity index (χ4n) is 0. The molecule has 0 N–H and O–H groups in total. The molecule has 126 valence electrons. The van der Waals surface area contributed by atoms with Gasteiger partial charge in [-0.2, -0.15) is 0 Å². The van der Waals surface area contributed by atoms with Gasteiger partial charge in [0, 0.05) is 0 Å². The Morgan fingerprint density at radius 1 is 0.278 bits per heavy atom. The molecule has 3 heteroatoms. The minimum Gasteiger partial charge on any atom is -0.116 e. The third-order valence-corrected chi connectivity index (χ3v) is 0. The van der Waals surface area contributed by atoms with Crippen LogP contribution >= 0.6 is 23.8 Å². The van der Waals surface area contributed by atoms with Crippen molar-refractivity contribution in [2.24, 2.45) is 0 Å². The van der Waals surface area contributed by atoms with Crippen LogP contribution in [0.25, 0.3) is 0 Å². The molecule has 0 amide bonds. The lowest BCUT2D eigenvalue weighted by molar-refractivity contribution is 2.13. The molecule has 0 saturated carbocycles. The summed E-state index contributed by atoms with van der Waals surface area (Å²) in [7, 11) is 1.14. The predicted octanol–water partition coefficient (Wildman–Crippen LogP) is 7.89. The molecule has 0 atom stereocenters. The Kier molecular flexibility index (Phi) is 175. The number of hydrogen-bond donors (Lipinski definition) is 0. The van der Waals surface area contributed by atoms with Crippen molar-refractivity contribution in [2.75, 3.05) is 60.0 Å². The molecule has 0 bridgehead atoms. The molecule has 0 heterocycles. The SMILES string of the molecule is C.C.C.C.C.C.CP(C)C.CP(C)C.CP(C)C. The molecule has 0 unspecified atom stereocenters. The summed E-state index contributed by atoms with van der Waals surface area (Å²) in [4.78, 5) is 0. The van der Waals surface area contributed by atoms with Gasteiger partial charge in [-0.05, 0) is 60.0 Å². The molecule has 0 fully saturated rings. The summed E-state index contributed by atoms with van der Waals surface area (Å²) in [5.41, 5.74) is 0. The van der Waals surface area contributed by atoms with Crippen LogP contribution in [-0.4, -0.2) is 60.0 Å². The molecule has 0 radical (unpaired) electrons. The molecule has 18 heavy (non-hydrogen) atoms. The van der Waals surface area contributed by atoms with Crippen molar-refractivity contribution < 1.29 is 0 Å². The van der Waals surface area contributed by atoms with Gasteiger partial charge in [-0.25, -0.2) is 0 Å². The van der Waals surface area contributed by atoms with Gasteiger partial charge in [0.15, 0.2) is 0 Å². The molecule has 0 aliphatic carbocycles. The summed E-state index contributed by atoms with van der Waals surface area (Å²) in [6.45, 7) is 20.1. The zero-order chi connectivity index (χ0) is 10.7. The fourth-order valence-corrected chi connectivity index (χ4v) is 0.